The number of amides is 1. The van der Waals surface area contributed by atoms with Gasteiger partial charge in [-0.3, -0.25) is 4.72 Å². The Morgan fingerprint density at radius 3 is 3.00 bits per heavy atom. The standard InChI is InChI=1S/C7H14N2O2S/c1-6-4-2-3-5-9(6)12-8-7(10)11/h6,8H,2-5H2,1H3,(H,10,11). The fraction of sp³-hybridized carbons (Fsp3) is 0.857. The number of piperidine rings is 1. The van der Waals surface area contributed by atoms with E-state index in [9.17, 15) is 4.79 Å². The van der Waals surface area contributed by atoms with Crippen LogP contribution >= 0.6 is 12.1 Å². The lowest BCUT2D eigenvalue weighted by atomic mass is 10.1. The average Bonchev–Trinajstić information content (AvgIpc) is 2.03. The summed E-state index contributed by atoms with van der Waals surface area (Å²) in [6.45, 7) is 3.10. The molecule has 12 heavy (non-hydrogen) atoms. The van der Waals surface area contributed by atoms with Gasteiger partial charge in [-0.25, -0.2) is 9.10 Å². The number of hydrogen-bond acceptors (Lipinski definition) is 3. The SMILES string of the molecule is CC1CCCCN1SNC(=O)O. The molecule has 0 aliphatic carbocycles. The van der Waals surface area contributed by atoms with Crippen LogP contribution in [0.4, 0.5) is 4.79 Å². The zero-order valence-corrected chi connectivity index (χ0v) is 7.93. The molecular formula is C7H14N2O2S. The van der Waals surface area contributed by atoms with Crippen LogP contribution in [-0.2, 0) is 0 Å². The molecule has 1 unspecified atom stereocenters. The Morgan fingerprint density at radius 1 is 1.67 bits per heavy atom. The molecule has 0 saturated carbocycles. The Kier molecular flexibility index (Phi) is 3.68. The normalized spacial score (nSPS) is 25.2. The van der Waals surface area contributed by atoms with Crippen molar-refractivity contribution in [1.82, 2.24) is 9.03 Å². The van der Waals surface area contributed by atoms with E-state index in [0.717, 1.165) is 13.0 Å². The molecule has 2 N–H and O–H groups in total. The second-order valence-electron chi connectivity index (χ2n) is 2.98. The predicted octanol–water partition coefficient (Wildman–Crippen LogP) is 1.69. The third-order valence-electron chi connectivity index (χ3n) is 1.99. The summed E-state index contributed by atoms with van der Waals surface area (Å²) in [5, 5.41) is 8.37. The van der Waals surface area contributed by atoms with Crippen LogP contribution in [0.5, 0.6) is 0 Å². The van der Waals surface area contributed by atoms with Gasteiger partial charge in [0.2, 0.25) is 0 Å². The summed E-state index contributed by atoms with van der Waals surface area (Å²) >= 11 is 1.20. The molecule has 1 fully saturated rings. The maximum Gasteiger partial charge on any atom is 0.415 e. The largest absolute Gasteiger partial charge is 0.464 e. The first-order chi connectivity index (χ1) is 5.70. The molecule has 1 saturated heterocycles. The summed E-state index contributed by atoms with van der Waals surface area (Å²) in [6, 6.07) is 0.482. The predicted molar refractivity (Wildman–Crippen MR) is 48.8 cm³/mol. The van der Waals surface area contributed by atoms with Gasteiger partial charge in [-0.15, -0.1) is 0 Å². The molecule has 1 rings (SSSR count). The topological polar surface area (TPSA) is 52.6 Å². The van der Waals surface area contributed by atoms with Gasteiger partial charge >= 0.3 is 6.09 Å². The van der Waals surface area contributed by atoms with Crippen LogP contribution in [0.15, 0.2) is 0 Å². The molecule has 0 aromatic heterocycles. The van der Waals surface area contributed by atoms with Gasteiger partial charge in [0.1, 0.15) is 0 Å². The van der Waals surface area contributed by atoms with Gasteiger partial charge in [0, 0.05) is 24.7 Å². The highest BCUT2D eigenvalue weighted by atomic mass is 32.2. The summed E-state index contributed by atoms with van der Waals surface area (Å²) < 4.78 is 4.39. The minimum absolute atomic E-state index is 0.482. The zero-order valence-electron chi connectivity index (χ0n) is 7.12. The van der Waals surface area contributed by atoms with Crippen molar-refractivity contribution in [2.45, 2.75) is 32.2 Å². The lowest BCUT2D eigenvalue weighted by Crippen LogP contribution is -2.35. The van der Waals surface area contributed by atoms with E-state index < -0.39 is 6.09 Å². The van der Waals surface area contributed by atoms with Crippen LogP contribution in [-0.4, -0.2) is 28.1 Å². The smallest absolute Gasteiger partial charge is 0.415 e. The third-order valence-corrected chi connectivity index (χ3v) is 3.04. The molecule has 1 aliphatic heterocycles. The van der Waals surface area contributed by atoms with Crippen LogP contribution in [0.25, 0.3) is 0 Å². The Hall–Kier alpha value is -0.420. The highest BCUT2D eigenvalue weighted by Crippen LogP contribution is 2.21. The first kappa shape index (κ1) is 9.67. The first-order valence-corrected chi connectivity index (χ1v) is 4.90. The second kappa shape index (κ2) is 4.57. The molecule has 4 nitrogen and oxygen atoms in total. The van der Waals surface area contributed by atoms with E-state index in [1.54, 1.807) is 0 Å². The fourth-order valence-electron chi connectivity index (χ4n) is 1.31. The van der Waals surface area contributed by atoms with E-state index in [1.165, 1.54) is 25.0 Å². The molecule has 70 valence electrons. The monoisotopic (exact) mass is 190 g/mol. The summed E-state index contributed by atoms with van der Waals surface area (Å²) in [5.74, 6) is 0. The van der Waals surface area contributed by atoms with Crippen LogP contribution < -0.4 is 4.72 Å². The summed E-state index contributed by atoms with van der Waals surface area (Å²) in [7, 11) is 0. The van der Waals surface area contributed by atoms with Crippen molar-refractivity contribution in [2.24, 2.45) is 0 Å². The molecule has 0 bridgehead atoms. The molecule has 1 heterocycles. The molecule has 0 radical (unpaired) electrons. The summed E-state index contributed by atoms with van der Waals surface area (Å²) in [5.41, 5.74) is 0. The van der Waals surface area contributed by atoms with Gasteiger partial charge in [0.05, 0.1) is 0 Å². The Balaban J connectivity index is 2.24. The van der Waals surface area contributed by atoms with Gasteiger partial charge < -0.3 is 5.11 Å². The van der Waals surface area contributed by atoms with Crippen molar-refractivity contribution in [3.63, 3.8) is 0 Å². The third kappa shape index (κ3) is 2.91. The van der Waals surface area contributed by atoms with Crippen molar-refractivity contribution < 1.29 is 9.90 Å². The van der Waals surface area contributed by atoms with Gasteiger partial charge in [-0.05, 0) is 19.8 Å². The van der Waals surface area contributed by atoms with E-state index in [0.29, 0.717) is 6.04 Å². The maximum absolute atomic E-state index is 10.2. The summed E-state index contributed by atoms with van der Waals surface area (Å²) in [6.07, 6.45) is 2.61. The van der Waals surface area contributed by atoms with Crippen LogP contribution in [0.3, 0.4) is 0 Å². The average molecular weight is 190 g/mol. The fourth-order valence-corrected chi connectivity index (χ4v) is 2.01. The highest BCUT2D eigenvalue weighted by molar-refractivity contribution is 7.95. The second-order valence-corrected chi connectivity index (χ2v) is 3.84. The van der Waals surface area contributed by atoms with E-state index in [2.05, 4.69) is 16.0 Å². The van der Waals surface area contributed by atoms with Crippen LogP contribution in [0.2, 0.25) is 0 Å². The van der Waals surface area contributed by atoms with Gasteiger partial charge in [0.25, 0.3) is 0 Å². The van der Waals surface area contributed by atoms with Crippen LogP contribution in [0, 0.1) is 0 Å². The number of nitrogens with zero attached hydrogens (tertiary/aromatic N) is 1. The number of hydrogen-bond donors (Lipinski definition) is 2. The highest BCUT2D eigenvalue weighted by Gasteiger charge is 2.19. The lowest BCUT2D eigenvalue weighted by Gasteiger charge is -2.30. The lowest BCUT2D eigenvalue weighted by molar-refractivity contribution is 0.201. The number of nitrogens with one attached hydrogen (secondary N) is 1. The number of carbonyl (C=O) groups is 1. The Labute approximate surface area is 76.6 Å². The molecule has 0 spiro atoms. The minimum Gasteiger partial charge on any atom is -0.464 e. The molecule has 0 aromatic rings. The van der Waals surface area contributed by atoms with Crippen LogP contribution in [0.1, 0.15) is 26.2 Å². The molecule has 0 aromatic carbocycles. The van der Waals surface area contributed by atoms with Crippen molar-refractivity contribution in [1.29, 1.82) is 0 Å². The Bertz CT molecular complexity index is 165. The van der Waals surface area contributed by atoms with Crippen molar-refractivity contribution in [2.75, 3.05) is 6.54 Å². The van der Waals surface area contributed by atoms with Crippen molar-refractivity contribution >= 4 is 18.2 Å². The zero-order chi connectivity index (χ0) is 8.97. The molecule has 5 heteroatoms. The number of carboxylic acid groups (broad SMARTS) is 1. The van der Waals surface area contributed by atoms with E-state index >= 15 is 0 Å². The van der Waals surface area contributed by atoms with Gasteiger partial charge in [-0.1, -0.05) is 6.42 Å². The molecule has 1 amide bonds. The van der Waals surface area contributed by atoms with Crippen molar-refractivity contribution in [3.05, 3.63) is 0 Å². The molecule has 1 atom stereocenters. The van der Waals surface area contributed by atoms with E-state index in [4.69, 9.17) is 5.11 Å². The molecule has 1 aliphatic rings. The molecular weight excluding hydrogens is 176 g/mol. The first-order valence-electron chi connectivity index (χ1n) is 4.12. The number of rotatable bonds is 2. The van der Waals surface area contributed by atoms with Gasteiger partial charge in [0.15, 0.2) is 0 Å². The minimum atomic E-state index is -0.974. The van der Waals surface area contributed by atoms with E-state index in [-0.39, 0.29) is 0 Å². The quantitative estimate of drug-likeness (QED) is 0.651. The van der Waals surface area contributed by atoms with Crippen molar-refractivity contribution in [3.8, 4) is 0 Å². The van der Waals surface area contributed by atoms with Gasteiger partial charge in [-0.2, -0.15) is 0 Å². The van der Waals surface area contributed by atoms with E-state index in [1.807, 2.05) is 0 Å². The summed E-state index contributed by atoms with van der Waals surface area (Å²) in [4.78, 5) is 10.2. The Morgan fingerprint density at radius 2 is 2.42 bits per heavy atom. The maximum atomic E-state index is 10.2.